The molecule has 2 aliphatic carbocycles. The van der Waals surface area contributed by atoms with E-state index in [1.165, 1.54) is 26.6 Å². The number of hydrogen-bond donors (Lipinski definition) is 1. The fourth-order valence-electron chi connectivity index (χ4n) is 9.19. The number of rotatable bonds is 7. The minimum atomic E-state index is -1.64. The average Bonchev–Trinajstić information content (AvgIpc) is 3.48. The van der Waals surface area contributed by atoms with Gasteiger partial charge in [0.05, 0.1) is 25.7 Å². The fraction of sp³-hybridized carbons (Fsp3) is 0.706. The van der Waals surface area contributed by atoms with Crippen LogP contribution in [0, 0.1) is 34.0 Å². The van der Waals surface area contributed by atoms with Gasteiger partial charge in [-0.1, -0.05) is 48.1 Å². The third-order valence-corrected chi connectivity index (χ3v) is 11.4. The number of aliphatic hydroxyl groups excluding tert-OH is 1. The lowest BCUT2D eigenvalue weighted by molar-refractivity contribution is -0.355. The first-order valence-electron chi connectivity index (χ1n) is 15.7. The number of hydrogen-bond acceptors (Lipinski definition) is 11. The van der Waals surface area contributed by atoms with Crippen molar-refractivity contribution in [2.24, 2.45) is 34.0 Å². The second-order valence-corrected chi connectivity index (χ2v) is 14.7. The van der Waals surface area contributed by atoms with Gasteiger partial charge in [-0.15, -0.1) is 0 Å². The van der Waals surface area contributed by atoms with Crippen LogP contribution >= 0.6 is 0 Å². The van der Waals surface area contributed by atoms with E-state index in [2.05, 4.69) is 6.58 Å². The summed E-state index contributed by atoms with van der Waals surface area (Å²) in [6, 6.07) is 1.71. The van der Waals surface area contributed by atoms with Crippen molar-refractivity contribution in [2.75, 3.05) is 7.11 Å². The van der Waals surface area contributed by atoms with E-state index in [1.54, 1.807) is 6.07 Å². The summed E-state index contributed by atoms with van der Waals surface area (Å²) in [5.41, 5.74) is -3.41. The van der Waals surface area contributed by atoms with Gasteiger partial charge in [0.15, 0.2) is 6.10 Å². The maximum atomic E-state index is 13.9. The number of ether oxygens (including phenoxy) is 5. The number of esters is 4. The number of furan rings is 1. The molecular formula is C34H46O11. The number of aliphatic hydroxyl groups is 1. The van der Waals surface area contributed by atoms with E-state index in [0.717, 1.165) is 0 Å². The highest BCUT2D eigenvalue weighted by atomic mass is 16.6. The Labute approximate surface area is 263 Å². The largest absolute Gasteiger partial charge is 0.472 e. The average molecular weight is 631 g/mol. The van der Waals surface area contributed by atoms with Gasteiger partial charge in [-0.3, -0.25) is 14.4 Å². The summed E-state index contributed by atoms with van der Waals surface area (Å²) >= 11 is 0. The molecule has 2 bridgehead atoms. The normalized spacial score (nSPS) is 40.1. The second-order valence-electron chi connectivity index (χ2n) is 14.7. The number of carbonyl (C=O) groups is 4. The van der Waals surface area contributed by atoms with Gasteiger partial charge in [0, 0.05) is 36.2 Å². The highest BCUT2D eigenvalue weighted by molar-refractivity contribution is 5.83. The molecule has 2 saturated carbocycles. The van der Waals surface area contributed by atoms with Gasteiger partial charge < -0.3 is 33.2 Å². The molecule has 2 aliphatic heterocycles. The first kappa shape index (κ1) is 33.2. The molecule has 11 heteroatoms. The number of carbonyl (C=O) groups excluding carboxylic acids is 4. The van der Waals surface area contributed by atoms with Crippen LogP contribution < -0.4 is 0 Å². The molecule has 4 fully saturated rings. The molecule has 0 radical (unpaired) electrons. The van der Waals surface area contributed by atoms with Crippen molar-refractivity contribution in [1.82, 2.24) is 0 Å². The standard InChI is InChI=1S/C34H46O11/c1-17(2)14-24(37)43-25-26(38)31(5,6)22(15-23(36)40-9)33(8)21-10-12-32(7)27(20-11-13-41-16-20)44-30(39)29(42-19(4)35)34(32,18(21)3)45-28(25)33/h11,13,16-17,21-22,25-29,38H,3,10,12,14-15H2,1-2,4-9H3/t21-,22+,25-,26+,27-,28-,29+,32-,33+,34+/m0/s1. The molecule has 0 aromatic carbocycles. The maximum Gasteiger partial charge on any atom is 0.351 e. The summed E-state index contributed by atoms with van der Waals surface area (Å²) in [5, 5.41) is 12.0. The Balaban J connectivity index is 1.74. The van der Waals surface area contributed by atoms with Gasteiger partial charge in [-0.2, -0.15) is 0 Å². The number of methoxy groups -OCH3 is 1. The zero-order chi connectivity index (χ0) is 33.3. The van der Waals surface area contributed by atoms with Crippen molar-refractivity contribution in [1.29, 1.82) is 0 Å². The SMILES string of the molecule is C=C1[C@@H]2CC[C@@]3(C)[C@H](c4ccoc4)OC(=O)[C@@H](OC(C)=O)[C@]13O[C@H]1[C@@H](OC(=O)CC(C)C)[C@@H](O)C(C)(C)[C@@H](CC(=O)OC)[C@@]21C. The molecule has 0 amide bonds. The molecule has 11 nitrogen and oxygen atoms in total. The molecule has 3 heterocycles. The quantitative estimate of drug-likeness (QED) is 0.259. The topological polar surface area (TPSA) is 148 Å². The zero-order valence-electron chi connectivity index (χ0n) is 27.4. The molecule has 10 atom stereocenters. The van der Waals surface area contributed by atoms with Crippen molar-refractivity contribution in [2.45, 2.75) is 110 Å². The van der Waals surface area contributed by atoms with E-state index in [1.807, 2.05) is 41.5 Å². The highest BCUT2D eigenvalue weighted by Gasteiger charge is 2.79. The molecule has 248 valence electrons. The van der Waals surface area contributed by atoms with Crippen molar-refractivity contribution in [3.63, 3.8) is 0 Å². The molecule has 1 N–H and O–H groups in total. The van der Waals surface area contributed by atoms with E-state index < -0.39 is 88.1 Å². The molecule has 0 unspecified atom stereocenters. The Morgan fingerprint density at radius 3 is 2.40 bits per heavy atom. The van der Waals surface area contributed by atoms with Gasteiger partial charge in [0.25, 0.3) is 0 Å². The number of fused-ring (bicyclic) bond motifs is 3. The zero-order valence-corrected chi connectivity index (χ0v) is 27.4. The van der Waals surface area contributed by atoms with Crippen LogP contribution in [0.1, 0.15) is 85.8 Å². The maximum absolute atomic E-state index is 13.9. The molecule has 1 aromatic rings. The van der Waals surface area contributed by atoms with Gasteiger partial charge >= 0.3 is 23.9 Å². The Morgan fingerprint density at radius 2 is 1.82 bits per heavy atom. The van der Waals surface area contributed by atoms with Gasteiger partial charge in [0.1, 0.15) is 17.8 Å². The minimum Gasteiger partial charge on any atom is -0.472 e. The first-order valence-corrected chi connectivity index (χ1v) is 15.7. The van der Waals surface area contributed by atoms with Crippen LogP contribution in [0.4, 0.5) is 0 Å². The summed E-state index contributed by atoms with van der Waals surface area (Å²) < 4.78 is 35.5. The smallest absolute Gasteiger partial charge is 0.351 e. The van der Waals surface area contributed by atoms with E-state index >= 15 is 0 Å². The molecule has 5 rings (SSSR count). The van der Waals surface area contributed by atoms with E-state index in [9.17, 15) is 24.3 Å². The van der Waals surface area contributed by atoms with E-state index in [0.29, 0.717) is 24.0 Å². The molecule has 2 saturated heterocycles. The molecule has 4 aliphatic rings. The first-order chi connectivity index (χ1) is 21.0. The van der Waals surface area contributed by atoms with Crippen molar-refractivity contribution >= 4 is 23.9 Å². The van der Waals surface area contributed by atoms with E-state index in [-0.39, 0.29) is 18.8 Å². The predicted octanol–water partition coefficient (Wildman–Crippen LogP) is 4.46. The summed E-state index contributed by atoms with van der Waals surface area (Å²) in [6.45, 7) is 17.1. The summed E-state index contributed by atoms with van der Waals surface area (Å²) in [7, 11) is 1.32. The third kappa shape index (κ3) is 4.75. The van der Waals surface area contributed by atoms with Crippen LogP contribution in [-0.2, 0) is 42.9 Å². The molecule has 45 heavy (non-hydrogen) atoms. The third-order valence-electron chi connectivity index (χ3n) is 11.4. The Kier molecular flexibility index (Phi) is 8.30. The second kappa shape index (κ2) is 11.3. The Hall–Kier alpha value is -3.18. The van der Waals surface area contributed by atoms with Crippen LogP contribution in [0.5, 0.6) is 0 Å². The Bertz CT molecular complexity index is 1360. The number of cyclic esters (lactones) is 1. The van der Waals surface area contributed by atoms with E-state index in [4.69, 9.17) is 28.1 Å². The Morgan fingerprint density at radius 1 is 1.13 bits per heavy atom. The minimum absolute atomic E-state index is 0.00445. The monoisotopic (exact) mass is 630 g/mol. The molecule has 1 spiro atoms. The van der Waals surface area contributed by atoms with Gasteiger partial charge in [-0.25, -0.2) is 4.79 Å². The fourth-order valence-corrected chi connectivity index (χ4v) is 9.19. The van der Waals surface area contributed by atoms with Gasteiger partial charge in [0.2, 0.25) is 6.10 Å². The summed E-state index contributed by atoms with van der Waals surface area (Å²) in [6.07, 6.45) is -1.78. The van der Waals surface area contributed by atoms with Crippen LogP contribution in [0.15, 0.2) is 35.2 Å². The lowest BCUT2D eigenvalue weighted by atomic mass is 9.40. The van der Waals surface area contributed by atoms with Crippen molar-refractivity contribution < 1.29 is 52.4 Å². The molecular weight excluding hydrogens is 584 g/mol. The lowest BCUT2D eigenvalue weighted by Crippen LogP contribution is -2.80. The molecule has 1 aromatic heterocycles. The summed E-state index contributed by atoms with van der Waals surface area (Å²) in [4.78, 5) is 52.6. The van der Waals surface area contributed by atoms with Crippen molar-refractivity contribution in [3.05, 3.63) is 36.3 Å². The van der Waals surface area contributed by atoms with Gasteiger partial charge in [-0.05, 0) is 47.6 Å². The van der Waals surface area contributed by atoms with Crippen molar-refractivity contribution in [3.8, 4) is 0 Å². The highest BCUT2D eigenvalue weighted by Crippen LogP contribution is 2.72. The predicted molar refractivity (Wildman–Crippen MR) is 158 cm³/mol. The van der Waals surface area contributed by atoms with Crippen LogP contribution in [-0.4, -0.2) is 66.1 Å². The van der Waals surface area contributed by atoms with Crippen LogP contribution in [0.2, 0.25) is 0 Å². The lowest BCUT2D eigenvalue weighted by Gasteiger charge is -2.72. The van der Waals surface area contributed by atoms with Crippen LogP contribution in [0.3, 0.4) is 0 Å². The summed E-state index contributed by atoms with van der Waals surface area (Å²) in [5.74, 6) is -3.41. The van der Waals surface area contributed by atoms with Crippen LogP contribution in [0.25, 0.3) is 0 Å².